The third kappa shape index (κ3) is 13.2. The summed E-state index contributed by atoms with van der Waals surface area (Å²) in [7, 11) is -5.04. The van der Waals surface area contributed by atoms with Crippen LogP contribution >= 0.6 is 0 Å². The lowest BCUT2D eigenvalue weighted by Crippen LogP contribution is -2.65. The molecule has 2 heterocycles. The Morgan fingerprint density at radius 1 is 0.781 bits per heavy atom. The number of nitrogens with zero attached hydrogens (tertiary/aromatic N) is 2. The van der Waals surface area contributed by atoms with Gasteiger partial charge in [0.15, 0.2) is 16.6 Å². The van der Waals surface area contributed by atoms with Crippen LogP contribution in [0.25, 0.3) is 11.1 Å². The van der Waals surface area contributed by atoms with Crippen LogP contribution in [0.1, 0.15) is 93.6 Å². The Morgan fingerprint density at radius 2 is 1.34 bits per heavy atom. The number of rotatable bonds is 14. The van der Waals surface area contributed by atoms with E-state index < -0.39 is 82.4 Å². The average Bonchev–Trinajstić information content (AvgIpc) is 3.51. The predicted octanol–water partition coefficient (Wildman–Crippen LogP) is 6.86. The second kappa shape index (κ2) is 20.4. The molecular formula is C45H69N7O10Si2. The molecule has 6 amide bonds. The number of nitrogens with one attached hydrogen (secondary N) is 5. The molecule has 2 saturated heterocycles. The Morgan fingerprint density at radius 3 is 1.91 bits per heavy atom. The molecule has 0 bridgehead atoms. The third-order valence-electron chi connectivity index (χ3n) is 12.6. The molecule has 352 valence electrons. The molecule has 0 aliphatic carbocycles. The van der Waals surface area contributed by atoms with Crippen LogP contribution < -0.4 is 21.3 Å². The normalized spacial score (nSPS) is 18.5. The van der Waals surface area contributed by atoms with Gasteiger partial charge in [-0.15, -0.1) is 5.06 Å². The van der Waals surface area contributed by atoms with Crippen LogP contribution in [0.4, 0.5) is 9.59 Å². The maximum atomic E-state index is 13.9. The maximum Gasteiger partial charge on any atom is 0.432 e. The number of hydroxylamine groups is 2. The summed E-state index contributed by atoms with van der Waals surface area (Å²) in [4.78, 5) is 84.9. The molecule has 17 nitrogen and oxygen atoms in total. The van der Waals surface area contributed by atoms with Crippen LogP contribution in [0.5, 0.6) is 0 Å². The van der Waals surface area contributed by atoms with Crippen molar-refractivity contribution in [2.75, 3.05) is 13.2 Å². The van der Waals surface area contributed by atoms with E-state index in [0.717, 1.165) is 16.7 Å². The molecule has 0 saturated carbocycles. The highest BCUT2D eigenvalue weighted by atomic mass is 28.4. The van der Waals surface area contributed by atoms with Crippen molar-refractivity contribution < 1.29 is 47.2 Å². The Labute approximate surface area is 379 Å². The van der Waals surface area contributed by atoms with Gasteiger partial charge in [0.05, 0.1) is 12.6 Å². The van der Waals surface area contributed by atoms with Crippen LogP contribution in [-0.4, -0.2) is 106 Å². The predicted molar refractivity (Wildman–Crippen MR) is 247 cm³/mol. The Balaban J connectivity index is 1.48. The first-order chi connectivity index (χ1) is 29.5. The fourth-order valence-electron chi connectivity index (χ4n) is 6.44. The molecule has 4 unspecified atom stereocenters. The van der Waals surface area contributed by atoms with Crippen LogP contribution in [0, 0.1) is 5.41 Å². The van der Waals surface area contributed by atoms with Crippen LogP contribution in [-0.2, 0) is 43.2 Å². The third-order valence-corrected chi connectivity index (χ3v) is 21.6. The fourth-order valence-corrected chi connectivity index (χ4v) is 8.71. The van der Waals surface area contributed by atoms with Gasteiger partial charge in [0.2, 0.25) is 17.8 Å². The SMILES string of the molecule is CC(NC(=O)C(CO[Si](C)(C)C(C)(C)C)NC(=O)ON1C(=O)CCC1=O)C(=O)NC1CCCN(C(=N)NC(=O)OC(C)(C)c2ccc(-c3ccccc3)cc2)C1O[Si](C)(C)C(C)(C)C. The van der Waals surface area contributed by atoms with Crippen molar-refractivity contribution in [1.29, 1.82) is 5.41 Å². The van der Waals surface area contributed by atoms with E-state index in [1.165, 1.54) is 6.92 Å². The van der Waals surface area contributed by atoms with E-state index in [9.17, 15) is 28.8 Å². The number of hydrogen-bond acceptors (Lipinski definition) is 11. The van der Waals surface area contributed by atoms with E-state index in [-0.39, 0.29) is 35.5 Å². The van der Waals surface area contributed by atoms with Gasteiger partial charge in [-0.1, -0.05) is 96.1 Å². The number of benzene rings is 2. The average molecular weight is 924 g/mol. The minimum Gasteiger partial charge on any atom is -0.438 e. The van der Waals surface area contributed by atoms with Gasteiger partial charge in [-0.05, 0) is 86.6 Å². The Hall–Kier alpha value is -5.12. The molecule has 0 spiro atoms. The minimum absolute atomic E-state index is 0.105. The van der Waals surface area contributed by atoms with E-state index in [2.05, 4.69) is 55.1 Å². The van der Waals surface area contributed by atoms with Crippen molar-refractivity contribution in [2.24, 2.45) is 0 Å². The highest BCUT2D eigenvalue weighted by Crippen LogP contribution is 2.39. The number of likely N-dealkylation sites (tertiary alicyclic amines) is 1. The molecule has 0 radical (unpaired) electrons. The summed E-state index contributed by atoms with van der Waals surface area (Å²) in [6, 6.07) is 14.5. The lowest BCUT2D eigenvalue weighted by atomic mass is 9.95. The number of guanidine groups is 1. The van der Waals surface area contributed by atoms with Gasteiger partial charge < -0.3 is 39.3 Å². The number of ether oxygens (including phenoxy) is 1. The summed E-state index contributed by atoms with van der Waals surface area (Å²) in [5, 5.41) is 19.6. The highest BCUT2D eigenvalue weighted by Gasteiger charge is 2.46. The molecular weight excluding hydrogens is 855 g/mol. The summed E-state index contributed by atoms with van der Waals surface area (Å²) in [6.07, 6.45) is -2.13. The maximum absolute atomic E-state index is 13.9. The van der Waals surface area contributed by atoms with Gasteiger partial charge >= 0.3 is 12.2 Å². The molecule has 2 aromatic rings. The highest BCUT2D eigenvalue weighted by molar-refractivity contribution is 6.74. The summed E-state index contributed by atoms with van der Waals surface area (Å²) >= 11 is 0. The molecule has 0 aromatic heterocycles. The second-order valence-corrected chi connectivity index (χ2v) is 29.6. The van der Waals surface area contributed by atoms with E-state index in [4.69, 9.17) is 23.8 Å². The number of imide groups is 1. The molecule has 4 rings (SSSR count). The second-order valence-electron chi connectivity index (χ2n) is 20.0. The summed E-state index contributed by atoms with van der Waals surface area (Å²) in [5.74, 6) is -2.96. The van der Waals surface area contributed by atoms with Crippen molar-refractivity contribution >= 4 is 58.4 Å². The fraction of sp³-hybridized carbons (Fsp3) is 0.578. The topological polar surface area (TPSA) is 218 Å². The molecule has 4 atom stereocenters. The number of piperidine rings is 1. The van der Waals surface area contributed by atoms with E-state index in [1.54, 1.807) is 18.7 Å². The number of alkyl carbamates (subject to hydrolysis) is 1. The van der Waals surface area contributed by atoms with Gasteiger partial charge in [-0.25, -0.2) is 9.59 Å². The molecule has 2 aromatic carbocycles. The van der Waals surface area contributed by atoms with Crippen molar-refractivity contribution in [3.05, 3.63) is 60.2 Å². The minimum atomic E-state index is -2.58. The van der Waals surface area contributed by atoms with Crippen molar-refractivity contribution in [1.82, 2.24) is 31.2 Å². The monoisotopic (exact) mass is 923 g/mol. The number of amides is 6. The molecule has 19 heteroatoms. The number of carbonyl (C=O) groups is 6. The first-order valence-corrected chi connectivity index (χ1v) is 27.6. The first-order valence-electron chi connectivity index (χ1n) is 21.8. The first kappa shape index (κ1) is 51.5. The summed E-state index contributed by atoms with van der Waals surface area (Å²) in [5.41, 5.74) is 1.79. The van der Waals surface area contributed by atoms with Crippen LogP contribution in [0.15, 0.2) is 54.6 Å². The number of carbonyl (C=O) groups excluding carboxylic acids is 6. The Bertz CT molecular complexity index is 2020. The van der Waals surface area contributed by atoms with Crippen molar-refractivity contribution in [3.63, 3.8) is 0 Å². The van der Waals surface area contributed by atoms with E-state index >= 15 is 0 Å². The Kier molecular flexibility index (Phi) is 16.4. The zero-order valence-corrected chi connectivity index (χ0v) is 41.7. The summed E-state index contributed by atoms with van der Waals surface area (Å²) in [6.45, 7) is 25.4. The standard InChI is InChI=1S/C45H69N7O10Si2/c1-29(47-38(56)34(28-59-63(10,11)43(2,3)4)49-42(58)61-52-35(53)25-26-36(52)54)37(55)48-33-20-17-27-51(39(33)62-64(12,13)44(5,6)7)40(46)50-41(57)60-45(8,9)32-23-21-31(22-24-32)30-18-15-14-16-19-30/h14-16,18-19,21-24,29,33-34,39H,17,20,25-28H2,1-13H3,(H,47,56)(H,48,55)(H,49,58)(H2,46,50,57). The zero-order chi connectivity index (χ0) is 48.0. The van der Waals surface area contributed by atoms with Gasteiger partial charge in [0.25, 0.3) is 11.8 Å². The molecule has 2 aliphatic heterocycles. The van der Waals surface area contributed by atoms with Crippen molar-refractivity contribution in [2.45, 2.75) is 154 Å². The van der Waals surface area contributed by atoms with E-state index in [1.807, 2.05) is 88.5 Å². The molecule has 64 heavy (non-hydrogen) atoms. The molecule has 2 fully saturated rings. The van der Waals surface area contributed by atoms with Gasteiger partial charge in [-0.3, -0.25) is 29.9 Å². The molecule has 5 N–H and O–H groups in total. The largest absolute Gasteiger partial charge is 0.438 e. The lowest BCUT2D eigenvalue weighted by molar-refractivity contribution is -0.171. The van der Waals surface area contributed by atoms with Crippen LogP contribution in [0.2, 0.25) is 36.3 Å². The van der Waals surface area contributed by atoms with Crippen LogP contribution in [0.3, 0.4) is 0 Å². The smallest absolute Gasteiger partial charge is 0.432 e. The number of hydrogen-bond donors (Lipinski definition) is 5. The lowest BCUT2D eigenvalue weighted by Gasteiger charge is -2.48. The van der Waals surface area contributed by atoms with Gasteiger partial charge in [0, 0.05) is 19.4 Å². The molecule has 2 aliphatic rings. The quantitative estimate of drug-likeness (QED) is 0.0571. The zero-order valence-electron chi connectivity index (χ0n) is 39.7. The van der Waals surface area contributed by atoms with Gasteiger partial charge in [0.1, 0.15) is 23.9 Å². The van der Waals surface area contributed by atoms with E-state index in [0.29, 0.717) is 24.4 Å². The van der Waals surface area contributed by atoms with Gasteiger partial charge in [-0.2, -0.15) is 0 Å². The van der Waals surface area contributed by atoms with Crippen molar-refractivity contribution in [3.8, 4) is 11.1 Å². The summed E-state index contributed by atoms with van der Waals surface area (Å²) < 4.78 is 19.0.